The third-order valence-corrected chi connectivity index (χ3v) is 5.29. The Bertz CT molecular complexity index is 928. The van der Waals surface area contributed by atoms with Crippen LogP contribution in [-0.4, -0.2) is 28.3 Å². The zero-order valence-electron chi connectivity index (χ0n) is 13.1. The lowest BCUT2D eigenvalue weighted by atomic mass is 10.2. The van der Waals surface area contributed by atoms with E-state index >= 15 is 0 Å². The fourth-order valence-electron chi connectivity index (χ4n) is 2.25. The molecule has 2 aromatic rings. The van der Waals surface area contributed by atoms with Crippen LogP contribution < -0.4 is 14.2 Å². The third-order valence-electron chi connectivity index (χ3n) is 3.56. The lowest BCUT2D eigenvalue weighted by Crippen LogP contribution is -2.23. The van der Waals surface area contributed by atoms with E-state index in [2.05, 4.69) is 9.46 Å². The van der Waals surface area contributed by atoms with Crippen molar-refractivity contribution in [3.05, 3.63) is 52.5 Å². The predicted molar refractivity (Wildman–Crippen MR) is 89.4 cm³/mol. The van der Waals surface area contributed by atoms with E-state index in [9.17, 15) is 13.2 Å². The van der Waals surface area contributed by atoms with Gasteiger partial charge in [0.05, 0.1) is 22.6 Å². The molecule has 0 aromatic heterocycles. The Morgan fingerprint density at radius 2 is 1.96 bits per heavy atom. The highest BCUT2D eigenvalue weighted by molar-refractivity contribution is 7.89. The molecule has 25 heavy (non-hydrogen) atoms. The molecular weight excluding hydrogens is 370 g/mol. The maximum Gasteiger partial charge on any atom is 0.339 e. The van der Waals surface area contributed by atoms with Crippen molar-refractivity contribution in [2.24, 2.45) is 0 Å². The Labute approximate surface area is 149 Å². The molecule has 0 aliphatic carbocycles. The summed E-state index contributed by atoms with van der Waals surface area (Å²) in [6.45, 7) is 0.195. The van der Waals surface area contributed by atoms with Gasteiger partial charge >= 0.3 is 5.97 Å². The average molecular weight is 384 g/mol. The number of methoxy groups -OCH3 is 1. The van der Waals surface area contributed by atoms with Crippen LogP contribution in [-0.2, 0) is 21.3 Å². The summed E-state index contributed by atoms with van der Waals surface area (Å²) in [6.07, 6.45) is 0. The molecule has 1 N–H and O–H groups in total. The fraction of sp³-hybridized carbons (Fsp3) is 0.188. The molecule has 0 amide bonds. The van der Waals surface area contributed by atoms with Crippen LogP contribution in [0.3, 0.4) is 0 Å². The van der Waals surface area contributed by atoms with Crippen molar-refractivity contribution in [1.29, 1.82) is 0 Å². The molecule has 0 bridgehead atoms. The smallest absolute Gasteiger partial charge is 0.339 e. The van der Waals surface area contributed by atoms with Crippen LogP contribution in [0.1, 0.15) is 15.9 Å². The van der Waals surface area contributed by atoms with Gasteiger partial charge in [-0.3, -0.25) is 0 Å². The van der Waals surface area contributed by atoms with E-state index in [1.807, 2.05) is 0 Å². The number of carbonyl (C=O) groups is 1. The number of benzene rings is 2. The maximum absolute atomic E-state index is 12.5. The van der Waals surface area contributed by atoms with Crippen LogP contribution >= 0.6 is 11.6 Å². The molecular formula is C16H14ClNO6S. The van der Waals surface area contributed by atoms with Crippen molar-refractivity contribution < 1.29 is 27.4 Å². The van der Waals surface area contributed by atoms with Gasteiger partial charge in [-0.2, -0.15) is 0 Å². The molecule has 0 saturated carbocycles. The van der Waals surface area contributed by atoms with Gasteiger partial charge in [0.2, 0.25) is 16.8 Å². The second kappa shape index (κ2) is 6.91. The van der Waals surface area contributed by atoms with E-state index in [0.717, 1.165) is 0 Å². The Balaban J connectivity index is 1.79. The van der Waals surface area contributed by atoms with Crippen LogP contribution in [0, 0.1) is 0 Å². The summed E-state index contributed by atoms with van der Waals surface area (Å²) in [4.78, 5) is 11.6. The summed E-state index contributed by atoms with van der Waals surface area (Å²) in [5.41, 5.74) is 0.685. The van der Waals surface area contributed by atoms with E-state index < -0.39 is 16.0 Å². The molecule has 0 unspecified atom stereocenters. The molecule has 0 fully saturated rings. The summed E-state index contributed by atoms with van der Waals surface area (Å²) in [5, 5.41) is 0.113. The van der Waals surface area contributed by atoms with Gasteiger partial charge in [-0.25, -0.2) is 17.9 Å². The topological polar surface area (TPSA) is 90.9 Å². The zero-order chi connectivity index (χ0) is 18.0. The normalized spacial score (nSPS) is 12.9. The first-order valence-corrected chi connectivity index (χ1v) is 9.03. The molecule has 132 valence electrons. The number of ether oxygens (including phenoxy) is 3. The summed E-state index contributed by atoms with van der Waals surface area (Å²) in [5.74, 6) is 0.473. The SMILES string of the molecule is COC(=O)c1cc(S(=O)(=O)NCc2ccc3c(c2)OCO3)ccc1Cl. The summed E-state index contributed by atoms with van der Waals surface area (Å²) in [7, 11) is -2.65. The highest BCUT2D eigenvalue weighted by atomic mass is 35.5. The number of fused-ring (bicyclic) bond motifs is 1. The van der Waals surface area contributed by atoms with Gasteiger partial charge in [0.15, 0.2) is 11.5 Å². The quantitative estimate of drug-likeness (QED) is 0.797. The first-order chi connectivity index (χ1) is 11.9. The van der Waals surface area contributed by atoms with Gasteiger partial charge in [0.25, 0.3) is 0 Å². The minimum atomic E-state index is -3.84. The van der Waals surface area contributed by atoms with E-state index in [0.29, 0.717) is 17.1 Å². The van der Waals surface area contributed by atoms with Crippen molar-refractivity contribution in [2.75, 3.05) is 13.9 Å². The van der Waals surface area contributed by atoms with Gasteiger partial charge in [0.1, 0.15) is 0 Å². The lowest BCUT2D eigenvalue weighted by molar-refractivity contribution is 0.0600. The second-order valence-electron chi connectivity index (χ2n) is 5.15. The lowest BCUT2D eigenvalue weighted by Gasteiger charge is -2.09. The Kier molecular flexibility index (Phi) is 4.85. The first kappa shape index (κ1) is 17.5. The molecule has 3 rings (SSSR count). The summed E-state index contributed by atoms with van der Waals surface area (Å²) in [6, 6.07) is 8.98. The van der Waals surface area contributed by atoms with Crippen LogP contribution in [0.5, 0.6) is 11.5 Å². The third kappa shape index (κ3) is 3.71. The Morgan fingerprint density at radius 1 is 1.20 bits per heavy atom. The van der Waals surface area contributed by atoms with Crippen molar-refractivity contribution in [1.82, 2.24) is 4.72 Å². The van der Waals surface area contributed by atoms with Crippen LogP contribution in [0.4, 0.5) is 0 Å². The van der Waals surface area contributed by atoms with E-state index in [1.54, 1.807) is 18.2 Å². The Hall–Kier alpha value is -2.29. The van der Waals surface area contributed by atoms with Gasteiger partial charge in [-0.05, 0) is 35.9 Å². The number of hydrogen-bond donors (Lipinski definition) is 1. The largest absolute Gasteiger partial charge is 0.465 e. The number of rotatable bonds is 5. The van der Waals surface area contributed by atoms with Crippen molar-refractivity contribution >= 4 is 27.6 Å². The standard InChI is InChI=1S/C16H14ClNO6S/c1-22-16(19)12-7-11(3-4-13(12)17)25(20,21)18-8-10-2-5-14-15(6-10)24-9-23-14/h2-7,18H,8-9H2,1H3. The van der Waals surface area contributed by atoms with Crippen molar-refractivity contribution in [2.45, 2.75) is 11.4 Å². The van der Waals surface area contributed by atoms with Gasteiger partial charge in [0, 0.05) is 6.54 Å². The van der Waals surface area contributed by atoms with E-state index in [-0.39, 0.29) is 28.8 Å². The van der Waals surface area contributed by atoms with Crippen molar-refractivity contribution in [3.63, 3.8) is 0 Å². The van der Waals surface area contributed by atoms with E-state index in [1.165, 1.54) is 25.3 Å². The Morgan fingerprint density at radius 3 is 2.72 bits per heavy atom. The molecule has 1 heterocycles. The molecule has 1 aliphatic rings. The van der Waals surface area contributed by atoms with Crippen LogP contribution in [0.2, 0.25) is 5.02 Å². The predicted octanol–water partition coefficient (Wildman–Crippen LogP) is 2.33. The van der Waals surface area contributed by atoms with Gasteiger partial charge in [-0.1, -0.05) is 17.7 Å². The molecule has 0 radical (unpaired) electrons. The minimum Gasteiger partial charge on any atom is -0.465 e. The number of sulfonamides is 1. The number of halogens is 1. The molecule has 9 heteroatoms. The number of hydrogen-bond acceptors (Lipinski definition) is 6. The number of carbonyl (C=O) groups excluding carboxylic acids is 1. The summed E-state index contributed by atoms with van der Waals surface area (Å²) >= 11 is 5.91. The van der Waals surface area contributed by atoms with Crippen LogP contribution in [0.15, 0.2) is 41.3 Å². The van der Waals surface area contributed by atoms with E-state index in [4.69, 9.17) is 21.1 Å². The second-order valence-corrected chi connectivity index (χ2v) is 7.32. The monoisotopic (exact) mass is 383 g/mol. The molecule has 2 aromatic carbocycles. The number of nitrogens with one attached hydrogen (secondary N) is 1. The van der Waals surface area contributed by atoms with Gasteiger partial charge in [-0.15, -0.1) is 0 Å². The van der Waals surface area contributed by atoms with Crippen molar-refractivity contribution in [3.8, 4) is 11.5 Å². The average Bonchev–Trinajstić information content (AvgIpc) is 3.07. The highest BCUT2D eigenvalue weighted by Gasteiger charge is 2.20. The molecule has 0 atom stereocenters. The zero-order valence-corrected chi connectivity index (χ0v) is 14.7. The summed E-state index contributed by atoms with van der Waals surface area (Å²) < 4.78 is 42.4. The molecule has 0 spiro atoms. The minimum absolute atomic E-state index is 0.0184. The van der Waals surface area contributed by atoms with Gasteiger partial charge < -0.3 is 14.2 Å². The fourth-order valence-corrected chi connectivity index (χ4v) is 3.49. The number of esters is 1. The molecule has 7 nitrogen and oxygen atoms in total. The van der Waals surface area contributed by atoms with Crippen LogP contribution in [0.25, 0.3) is 0 Å². The highest BCUT2D eigenvalue weighted by Crippen LogP contribution is 2.32. The molecule has 1 aliphatic heterocycles. The maximum atomic E-state index is 12.5. The first-order valence-electron chi connectivity index (χ1n) is 7.17. The molecule has 0 saturated heterocycles.